The number of morpholine rings is 1. The number of fused-ring (bicyclic) bond motifs is 1. The molecule has 176 valence electrons. The zero-order valence-electron chi connectivity index (χ0n) is 19.3. The molecule has 2 saturated heterocycles. The van der Waals surface area contributed by atoms with Crippen LogP contribution < -0.4 is 10.2 Å². The number of rotatable bonds is 6. The van der Waals surface area contributed by atoms with Crippen LogP contribution in [0.5, 0.6) is 0 Å². The van der Waals surface area contributed by atoms with Gasteiger partial charge in [0.15, 0.2) is 0 Å². The number of likely N-dealkylation sites (tertiary alicyclic amines) is 1. The van der Waals surface area contributed by atoms with Crippen molar-refractivity contribution in [1.29, 1.82) is 0 Å². The minimum absolute atomic E-state index is 0.745. The van der Waals surface area contributed by atoms with Crippen LogP contribution in [-0.4, -0.2) is 69.0 Å². The van der Waals surface area contributed by atoms with Gasteiger partial charge in [0.2, 0.25) is 0 Å². The normalized spacial score (nSPS) is 17.0. The summed E-state index contributed by atoms with van der Waals surface area (Å²) in [7, 11) is 1.91. The van der Waals surface area contributed by atoms with Crippen LogP contribution in [0.1, 0.15) is 18.5 Å². The quantitative estimate of drug-likeness (QED) is 0.451. The summed E-state index contributed by atoms with van der Waals surface area (Å²) in [5.74, 6) is 1.55. The number of thiazole rings is 1. The van der Waals surface area contributed by atoms with Crippen LogP contribution in [-0.2, 0) is 18.3 Å². The van der Waals surface area contributed by atoms with E-state index in [-0.39, 0.29) is 0 Å². The number of anilines is 3. The van der Waals surface area contributed by atoms with Crippen molar-refractivity contribution in [2.24, 2.45) is 7.05 Å². The third kappa shape index (κ3) is 4.48. The maximum atomic E-state index is 5.56. The average molecular weight is 477 g/mol. The van der Waals surface area contributed by atoms with E-state index in [9.17, 15) is 0 Å². The first-order valence-electron chi connectivity index (χ1n) is 11.8. The second kappa shape index (κ2) is 9.28. The number of aryl methyl sites for hydroxylation is 1. The molecule has 10 heteroatoms. The highest BCUT2D eigenvalue weighted by Gasteiger charge is 2.20. The second-order valence-corrected chi connectivity index (χ2v) is 9.86. The van der Waals surface area contributed by atoms with Gasteiger partial charge in [0.05, 0.1) is 41.0 Å². The van der Waals surface area contributed by atoms with Crippen molar-refractivity contribution in [2.45, 2.75) is 19.4 Å². The fraction of sp³-hybridized carbons (Fsp3) is 0.417. The van der Waals surface area contributed by atoms with Gasteiger partial charge in [0, 0.05) is 50.7 Å². The van der Waals surface area contributed by atoms with E-state index >= 15 is 0 Å². The molecule has 0 spiro atoms. The molecule has 0 atom stereocenters. The summed E-state index contributed by atoms with van der Waals surface area (Å²) in [5.41, 5.74) is 4.26. The average Bonchev–Trinajstić information content (AvgIpc) is 3.61. The Hall–Kier alpha value is -3.08. The molecule has 9 nitrogen and oxygen atoms in total. The van der Waals surface area contributed by atoms with E-state index in [1.165, 1.54) is 18.5 Å². The summed E-state index contributed by atoms with van der Waals surface area (Å²) < 4.78 is 8.40. The van der Waals surface area contributed by atoms with Gasteiger partial charge >= 0.3 is 0 Å². The Balaban J connectivity index is 1.26. The van der Waals surface area contributed by atoms with E-state index in [1.807, 2.05) is 37.8 Å². The van der Waals surface area contributed by atoms with Crippen LogP contribution in [0, 0.1) is 0 Å². The van der Waals surface area contributed by atoms with Crippen molar-refractivity contribution < 1.29 is 4.74 Å². The molecule has 0 unspecified atom stereocenters. The van der Waals surface area contributed by atoms with Gasteiger partial charge in [-0.25, -0.2) is 15.0 Å². The first-order chi connectivity index (χ1) is 16.7. The lowest BCUT2D eigenvalue weighted by Gasteiger charge is -2.31. The summed E-state index contributed by atoms with van der Waals surface area (Å²) >= 11 is 1.63. The predicted octanol–water partition coefficient (Wildman–Crippen LogP) is 3.66. The molecule has 0 aromatic carbocycles. The fourth-order valence-electron chi connectivity index (χ4n) is 4.61. The number of hydrogen-bond acceptors (Lipinski definition) is 9. The zero-order valence-corrected chi connectivity index (χ0v) is 20.1. The third-order valence-electron chi connectivity index (χ3n) is 6.36. The molecule has 2 fully saturated rings. The lowest BCUT2D eigenvalue weighted by Crippen LogP contribution is -2.37. The van der Waals surface area contributed by atoms with Crippen molar-refractivity contribution in [3.8, 4) is 10.6 Å². The van der Waals surface area contributed by atoms with Crippen LogP contribution in [0.2, 0.25) is 0 Å². The molecule has 0 bridgehead atoms. The number of pyridine rings is 2. The number of ether oxygens (including phenoxy) is 1. The summed E-state index contributed by atoms with van der Waals surface area (Å²) in [6.45, 7) is 6.50. The lowest BCUT2D eigenvalue weighted by atomic mass is 10.2. The van der Waals surface area contributed by atoms with Crippen molar-refractivity contribution in [3.63, 3.8) is 0 Å². The molecule has 0 radical (unpaired) electrons. The highest BCUT2D eigenvalue weighted by Crippen LogP contribution is 2.31. The number of nitrogens with one attached hydrogen (secondary N) is 1. The first kappa shape index (κ1) is 21.5. The number of aromatic nitrogens is 5. The maximum Gasteiger partial charge on any atom is 0.133 e. The van der Waals surface area contributed by atoms with Crippen LogP contribution >= 0.6 is 11.3 Å². The van der Waals surface area contributed by atoms with Gasteiger partial charge in [0.25, 0.3) is 0 Å². The fourth-order valence-corrected chi connectivity index (χ4v) is 5.50. The van der Waals surface area contributed by atoms with Gasteiger partial charge in [-0.15, -0.1) is 11.3 Å². The van der Waals surface area contributed by atoms with Gasteiger partial charge in [-0.2, -0.15) is 5.10 Å². The van der Waals surface area contributed by atoms with E-state index in [0.29, 0.717) is 0 Å². The smallest absolute Gasteiger partial charge is 0.133 e. The van der Waals surface area contributed by atoms with Crippen LogP contribution in [0.4, 0.5) is 17.3 Å². The molecule has 0 aliphatic carbocycles. The Labute approximate surface area is 202 Å². The van der Waals surface area contributed by atoms with Gasteiger partial charge in [-0.1, -0.05) is 0 Å². The van der Waals surface area contributed by atoms with Crippen LogP contribution in [0.15, 0.2) is 36.8 Å². The number of nitrogens with zero attached hydrogens (tertiary/aromatic N) is 7. The lowest BCUT2D eigenvalue weighted by molar-refractivity contribution is 0.122. The maximum absolute atomic E-state index is 5.56. The molecule has 34 heavy (non-hydrogen) atoms. The molecular formula is C24H28N8OS. The highest BCUT2D eigenvalue weighted by atomic mass is 32.1. The standard InChI is InChI=1S/C24H28N8OS/c1-30-15-17(13-26-30)24-28-18-12-23(25-14-21(18)34-24)29-22-5-4-20(32-8-10-33-11-9-32)19(27-22)16-31-6-2-3-7-31/h4-5,12-15H,2-3,6-11,16H2,1H3,(H,25,27,29). The molecule has 6 heterocycles. The Morgan fingerprint density at radius 3 is 2.68 bits per heavy atom. The van der Waals surface area contributed by atoms with Crippen molar-refractivity contribution in [1.82, 2.24) is 29.6 Å². The molecule has 0 amide bonds. The SMILES string of the molecule is Cn1cc(-c2nc3cc(Nc4ccc(N5CCOCC5)c(CN5CCCC5)n4)ncc3s2)cn1. The second-order valence-electron chi connectivity index (χ2n) is 8.83. The van der Waals surface area contributed by atoms with E-state index in [0.717, 1.165) is 84.1 Å². The van der Waals surface area contributed by atoms with Gasteiger partial charge in [0.1, 0.15) is 16.6 Å². The minimum Gasteiger partial charge on any atom is -0.378 e. The molecule has 2 aliphatic rings. The van der Waals surface area contributed by atoms with E-state index in [1.54, 1.807) is 16.0 Å². The Morgan fingerprint density at radius 1 is 1.03 bits per heavy atom. The Bertz CT molecular complexity index is 1290. The summed E-state index contributed by atoms with van der Waals surface area (Å²) in [5, 5.41) is 8.61. The van der Waals surface area contributed by atoms with Gasteiger partial charge in [-0.05, 0) is 38.1 Å². The van der Waals surface area contributed by atoms with Crippen molar-refractivity contribution in [2.75, 3.05) is 49.6 Å². The Kier molecular flexibility index (Phi) is 5.86. The van der Waals surface area contributed by atoms with E-state index < -0.39 is 0 Å². The predicted molar refractivity (Wildman–Crippen MR) is 135 cm³/mol. The molecule has 1 N–H and O–H groups in total. The molecule has 2 aliphatic heterocycles. The van der Waals surface area contributed by atoms with Crippen LogP contribution in [0.3, 0.4) is 0 Å². The highest BCUT2D eigenvalue weighted by molar-refractivity contribution is 7.21. The largest absolute Gasteiger partial charge is 0.378 e. The molecule has 6 rings (SSSR count). The van der Waals surface area contributed by atoms with Crippen molar-refractivity contribution >= 4 is 38.9 Å². The summed E-state index contributed by atoms with van der Waals surface area (Å²) in [4.78, 5) is 19.3. The monoisotopic (exact) mass is 476 g/mol. The molecular weight excluding hydrogens is 448 g/mol. The van der Waals surface area contributed by atoms with Crippen LogP contribution in [0.25, 0.3) is 20.8 Å². The first-order valence-corrected chi connectivity index (χ1v) is 12.6. The summed E-state index contributed by atoms with van der Waals surface area (Å²) in [6, 6.07) is 6.23. The van der Waals surface area contributed by atoms with E-state index in [4.69, 9.17) is 14.7 Å². The van der Waals surface area contributed by atoms with Gasteiger partial charge < -0.3 is 15.0 Å². The molecule has 4 aromatic heterocycles. The Morgan fingerprint density at radius 2 is 1.88 bits per heavy atom. The van der Waals surface area contributed by atoms with Gasteiger partial charge in [-0.3, -0.25) is 9.58 Å². The van der Waals surface area contributed by atoms with Crippen molar-refractivity contribution in [3.05, 3.63) is 42.5 Å². The topological polar surface area (TPSA) is 84.2 Å². The molecule has 0 saturated carbocycles. The minimum atomic E-state index is 0.745. The third-order valence-corrected chi connectivity index (χ3v) is 7.41. The summed E-state index contributed by atoms with van der Waals surface area (Å²) in [6.07, 6.45) is 8.23. The number of hydrogen-bond donors (Lipinski definition) is 1. The van der Waals surface area contributed by atoms with E-state index in [2.05, 4.69) is 31.3 Å². The molecule has 4 aromatic rings. The zero-order chi connectivity index (χ0) is 22.9.